The van der Waals surface area contributed by atoms with Gasteiger partial charge in [0.2, 0.25) is 5.91 Å². The normalized spacial score (nSPS) is 27.6. The summed E-state index contributed by atoms with van der Waals surface area (Å²) in [4.78, 5) is 11.9. The van der Waals surface area contributed by atoms with Crippen molar-refractivity contribution in [1.82, 2.24) is 10.6 Å². The van der Waals surface area contributed by atoms with Gasteiger partial charge in [0.25, 0.3) is 0 Å². The van der Waals surface area contributed by atoms with Crippen LogP contribution in [-0.4, -0.2) is 29.6 Å². The van der Waals surface area contributed by atoms with Crippen molar-refractivity contribution in [2.24, 2.45) is 5.73 Å². The van der Waals surface area contributed by atoms with Gasteiger partial charge in [0, 0.05) is 17.6 Å². The molecule has 0 spiro atoms. The molecule has 4 N–H and O–H groups in total. The van der Waals surface area contributed by atoms with Crippen molar-refractivity contribution in [3.63, 3.8) is 0 Å². The lowest BCUT2D eigenvalue weighted by atomic mass is 9.91. The fourth-order valence-corrected chi connectivity index (χ4v) is 2.19. The van der Waals surface area contributed by atoms with Gasteiger partial charge in [-0.1, -0.05) is 0 Å². The van der Waals surface area contributed by atoms with Crippen LogP contribution in [0.2, 0.25) is 0 Å². The highest BCUT2D eigenvalue weighted by Crippen LogP contribution is 2.17. The van der Waals surface area contributed by atoms with Crippen LogP contribution in [-0.2, 0) is 4.79 Å². The van der Waals surface area contributed by atoms with Gasteiger partial charge in [-0.3, -0.25) is 4.79 Å². The number of rotatable bonds is 3. The molecule has 1 rings (SSSR count). The van der Waals surface area contributed by atoms with Gasteiger partial charge in [-0.2, -0.15) is 0 Å². The molecule has 1 aliphatic rings. The summed E-state index contributed by atoms with van der Waals surface area (Å²) < 4.78 is 0. The van der Waals surface area contributed by atoms with Crippen molar-refractivity contribution in [2.75, 3.05) is 0 Å². The maximum absolute atomic E-state index is 11.9. The molecule has 17 heavy (non-hydrogen) atoms. The van der Waals surface area contributed by atoms with Gasteiger partial charge in [-0.25, -0.2) is 0 Å². The van der Waals surface area contributed by atoms with E-state index >= 15 is 0 Å². The Bertz CT molecular complexity index is 252. The maximum Gasteiger partial charge on any atom is 0.237 e. The van der Waals surface area contributed by atoms with Gasteiger partial charge in [0.15, 0.2) is 0 Å². The Morgan fingerprint density at radius 3 is 2.24 bits per heavy atom. The number of hydrogen-bond acceptors (Lipinski definition) is 3. The zero-order valence-electron chi connectivity index (χ0n) is 11.5. The van der Waals surface area contributed by atoms with Crippen molar-refractivity contribution in [3.05, 3.63) is 0 Å². The number of nitrogens with two attached hydrogens (primary N) is 1. The number of amides is 1. The highest BCUT2D eigenvalue weighted by molar-refractivity contribution is 5.81. The molecule has 1 aliphatic carbocycles. The summed E-state index contributed by atoms with van der Waals surface area (Å²) in [6.07, 6.45) is 4.28. The minimum Gasteiger partial charge on any atom is -0.350 e. The summed E-state index contributed by atoms with van der Waals surface area (Å²) in [5.41, 5.74) is 5.70. The summed E-state index contributed by atoms with van der Waals surface area (Å²) in [7, 11) is 0. The zero-order chi connectivity index (χ0) is 13.1. The second-order valence-corrected chi connectivity index (χ2v) is 6.24. The average molecular weight is 241 g/mol. The molecule has 0 saturated heterocycles. The molecular formula is C13H27N3O. The minimum absolute atomic E-state index is 0.0763. The van der Waals surface area contributed by atoms with Gasteiger partial charge in [0.05, 0.1) is 6.04 Å². The van der Waals surface area contributed by atoms with Crippen LogP contribution < -0.4 is 16.4 Å². The minimum atomic E-state index is -0.165. The first-order valence-electron chi connectivity index (χ1n) is 6.61. The Labute approximate surface area is 105 Å². The van der Waals surface area contributed by atoms with Crippen LogP contribution in [0.4, 0.5) is 0 Å². The number of carbonyl (C=O) groups excluding carboxylic acids is 1. The third-order valence-electron chi connectivity index (χ3n) is 3.15. The van der Waals surface area contributed by atoms with Crippen LogP contribution >= 0.6 is 0 Å². The monoisotopic (exact) mass is 241 g/mol. The smallest absolute Gasteiger partial charge is 0.237 e. The van der Waals surface area contributed by atoms with E-state index < -0.39 is 0 Å². The summed E-state index contributed by atoms with van der Waals surface area (Å²) in [5, 5.41) is 6.39. The maximum atomic E-state index is 11.9. The van der Waals surface area contributed by atoms with Crippen LogP contribution in [0.1, 0.15) is 53.4 Å². The Kier molecular flexibility index (Phi) is 4.95. The second-order valence-electron chi connectivity index (χ2n) is 6.24. The first kappa shape index (κ1) is 14.5. The first-order chi connectivity index (χ1) is 7.78. The average Bonchev–Trinajstić information content (AvgIpc) is 2.19. The molecule has 0 aliphatic heterocycles. The Morgan fingerprint density at radius 2 is 1.76 bits per heavy atom. The molecular weight excluding hydrogens is 214 g/mol. The van der Waals surface area contributed by atoms with E-state index in [4.69, 9.17) is 5.73 Å². The molecule has 4 nitrogen and oxygen atoms in total. The van der Waals surface area contributed by atoms with E-state index in [0.29, 0.717) is 12.1 Å². The van der Waals surface area contributed by atoms with Gasteiger partial charge >= 0.3 is 0 Å². The largest absolute Gasteiger partial charge is 0.350 e. The summed E-state index contributed by atoms with van der Waals surface area (Å²) in [6.45, 7) is 7.92. The Morgan fingerprint density at radius 1 is 1.24 bits per heavy atom. The van der Waals surface area contributed by atoms with Crippen LogP contribution in [0.5, 0.6) is 0 Å². The van der Waals surface area contributed by atoms with E-state index in [2.05, 4.69) is 10.6 Å². The predicted octanol–water partition coefficient (Wildman–Crippen LogP) is 1.15. The molecule has 1 fully saturated rings. The van der Waals surface area contributed by atoms with Crippen LogP contribution in [0.3, 0.4) is 0 Å². The number of carbonyl (C=O) groups is 1. The van der Waals surface area contributed by atoms with Crippen molar-refractivity contribution in [3.8, 4) is 0 Å². The number of nitrogens with one attached hydrogen (secondary N) is 2. The number of hydrogen-bond donors (Lipinski definition) is 3. The van der Waals surface area contributed by atoms with Crippen molar-refractivity contribution in [2.45, 2.75) is 77.0 Å². The molecule has 4 heteroatoms. The van der Waals surface area contributed by atoms with Gasteiger partial charge in [-0.05, 0) is 53.4 Å². The third kappa shape index (κ3) is 5.50. The van der Waals surface area contributed by atoms with Gasteiger partial charge in [0.1, 0.15) is 0 Å². The lowest BCUT2D eigenvalue weighted by Gasteiger charge is -2.30. The lowest BCUT2D eigenvalue weighted by molar-refractivity contribution is -0.124. The van der Waals surface area contributed by atoms with E-state index in [1.165, 1.54) is 0 Å². The molecule has 1 saturated carbocycles. The topological polar surface area (TPSA) is 67.1 Å². The van der Waals surface area contributed by atoms with Crippen LogP contribution in [0.15, 0.2) is 0 Å². The van der Waals surface area contributed by atoms with Crippen molar-refractivity contribution in [1.29, 1.82) is 0 Å². The van der Waals surface area contributed by atoms with Crippen molar-refractivity contribution >= 4 is 5.91 Å². The molecule has 1 amide bonds. The molecule has 100 valence electrons. The SMILES string of the molecule is CC(NC1CCC(N)CC1)C(=O)NC(C)(C)C. The first-order valence-corrected chi connectivity index (χ1v) is 6.61. The zero-order valence-corrected chi connectivity index (χ0v) is 11.5. The molecule has 0 aromatic carbocycles. The highest BCUT2D eigenvalue weighted by atomic mass is 16.2. The quantitative estimate of drug-likeness (QED) is 0.694. The summed E-state index contributed by atoms with van der Waals surface area (Å²) in [6, 6.07) is 0.663. The molecule has 1 atom stereocenters. The fraction of sp³-hybridized carbons (Fsp3) is 0.923. The van der Waals surface area contributed by atoms with Crippen LogP contribution in [0.25, 0.3) is 0 Å². The van der Waals surface area contributed by atoms with E-state index in [1.807, 2.05) is 27.7 Å². The molecule has 0 radical (unpaired) electrons. The Hall–Kier alpha value is -0.610. The van der Waals surface area contributed by atoms with E-state index in [1.54, 1.807) is 0 Å². The molecule has 0 heterocycles. The van der Waals surface area contributed by atoms with Crippen molar-refractivity contribution < 1.29 is 4.79 Å². The van der Waals surface area contributed by atoms with E-state index in [0.717, 1.165) is 25.7 Å². The highest BCUT2D eigenvalue weighted by Gasteiger charge is 2.24. The second kappa shape index (κ2) is 5.83. The van der Waals surface area contributed by atoms with Gasteiger partial charge < -0.3 is 16.4 Å². The summed E-state index contributed by atoms with van der Waals surface area (Å²) in [5.74, 6) is 0.0763. The molecule has 1 unspecified atom stereocenters. The van der Waals surface area contributed by atoms with Gasteiger partial charge in [-0.15, -0.1) is 0 Å². The fourth-order valence-electron chi connectivity index (χ4n) is 2.19. The Balaban J connectivity index is 2.33. The van der Waals surface area contributed by atoms with E-state index in [-0.39, 0.29) is 17.5 Å². The van der Waals surface area contributed by atoms with E-state index in [9.17, 15) is 4.79 Å². The van der Waals surface area contributed by atoms with Crippen LogP contribution in [0, 0.1) is 0 Å². The lowest BCUT2D eigenvalue weighted by Crippen LogP contribution is -2.52. The third-order valence-corrected chi connectivity index (χ3v) is 3.15. The molecule has 0 bridgehead atoms. The predicted molar refractivity (Wildman–Crippen MR) is 70.7 cm³/mol. The summed E-state index contributed by atoms with van der Waals surface area (Å²) >= 11 is 0. The molecule has 0 aromatic rings. The standard InChI is InChI=1S/C13H27N3O/c1-9(12(17)16-13(2,3)4)15-11-7-5-10(14)6-8-11/h9-11,15H,5-8,14H2,1-4H3,(H,16,17). The molecule has 0 aromatic heterocycles.